The number of ketones is 1. The van der Waals surface area contributed by atoms with E-state index in [1.54, 1.807) is 0 Å². The molecule has 2 atom stereocenters. The van der Waals surface area contributed by atoms with Gasteiger partial charge in [0.05, 0.1) is 22.6 Å². The minimum absolute atomic E-state index is 0.0456. The molecule has 1 aromatic heterocycles. The Morgan fingerprint density at radius 1 is 1.48 bits per heavy atom. The van der Waals surface area contributed by atoms with Crippen LogP contribution in [0.4, 0.5) is 5.13 Å². The van der Waals surface area contributed by atoms with Gasteiger partial charge in [-0.1, -0.05) is 25.2 Å². The van der Waals surface area contributed by atoms with Crippen molar-refractivity contribution in [2.75, 3.05) is 11.9 Å². The summed E-state index contributed by atoms with van der Waals surface area (Å²) in [7, 11) is 0. The van der Waals surface area contributed by atoms with Crippen molar-refractivity contribution >= 4 is 28.2 Å². The number of nitrogens with one attached hydrogen (secondary N) is 1. The molecule has 1 N–H and O–H groups in total. The van der Waals surface area contributed by atoms with Gasteiger partial charge in [0.15, 0.2) is 10.9 Å². The fourth-order valence-electron chi connectivity index (χ4n) is 2.82. The Bertz CT molecular complexity index is 594. The predicted molar refractivity (Wildman–Crippen MR) is 80.7 cm³/mol. The number of nitrogens with zero attached hydrogens (tertiary/aromatic N) is 1. The Morgan fingerprint density at radius 3 is 2.95 bits per heavy atom. The van der Waals surface area contributed by atoms with Crippen molar-refractivity contribution in [3.05, 3.63) is 10.6 Å². The first-order chi connectivity index (χ1) is 9.89. The number of aromatic nitrogens is 1. The van der Waals surface area contributed by atoms with E-state index in [1.807, 2.05) is 6.92 Å². The van der Waals surface area contributed by atoms with Crippen molar-refractivity contribution in [2.24, 2.45) is 11.3 Å². The molecule has 0 bridgehead atoms. The molecule has 1 heterocycles. The van der Waals surface area contributed by atoms with Crippen LogP contribution in [0.1, 0.15) is 49.0 Å². The van der Waals surface area contributed by atoms with Crippen LogP contribution in [0, 0.1) is 11.3 Å². The molecule has 3 rings (SSSR count). The zero-order valence-corrected chi connectivity index (χ0v) is 13.4. The third-order valence-electron chi connectivity index (χ3n) is 3.92. The van der Waals surface area contributed by atoms with Crippen LogP contribution in [0.5, 0.6) is 0 Å². The lowest BCUT2D eigenvalue weighted by molar-refractivity contribution is -0.118. The number of amides is 1. The lowest BCUT2D eigenvalue weighted by Crippen LogP contribution is -2.26. The zero-order valence-electron chi connectivity index (χ0n) is 12.6. The van der Waals surface area contributed by atoms with Crippen LogP contribution in [-0.4, -0.2) is 29.4 Å². The lowest BCUT2D eigenvalue weighted by atomic mass is 9.78. The Balaban J connectivity index is 1.69. The molecular weight excluding hydrogens is 288 g/mol. The molecule has 0 radical (unpaired) electrons. The number of anilines is 1. The number of thiazole rings is 1. The summed E-state index contributed by atoms with van der Waals surface area (Å²) in [5, 5.41) is 3.37. The van der Waals surface area contributed by atoms with Gasteiger partial charge < -0.3 is 10.1 Å². The van der Waals surface area contributed by atoms with E-state index in [2.05, 4.69) is 24.1 Å². The Morgan fingerprint density at radius 2 is 2.24 bits per heavy atom. The third kappa shape index (κ3) is 3.01. The number of rotatable bonds is 4. The Kier molecular flexibility index (Phi) is 3.61. The fourth-order valence-corrected chi connectivity index (χ4v) is 3.74. The van der Waals surface area contributed by atoms with E-state index in [-0.39, 0.29) is 29.1 Å². The molecule has 2 aliphatic carbocycles. The molecule has 1 saturated carbocycles. The van der Waals surface area contributed by atoms with Crippen LogP contribution in [-0.2, 0) is 16.0 Å². The first-order valence-electron chi connectivity index (χ1n) is 7.35. The summed E-state index contributed by atoms with van der Waals surface area (Å²) in [4.78, 5) is 29.3. The summed E-state index contributed by atoms with van der Waals surface area (Å²) in [6, 6.07) is 0. The van der Waals surface area contributed by atoms with Crippen molar-refractivity contribution in [1.82, 2.24) is 4.98 Å². The second-order valence-electron chi connectivity index (χ2n) is 6.56. The number of fused-ring (bicyclic) bond motifs is 1. The summed E-state index contributed by atoms with van der Waals surface area (Å²) in [6.07, 6.45) is 2.15. The smallest absolute Gasteiger partial charge is 0.231 e. The summed E-state index contributed by atoms with van der Waals surface area (Å²) in [6.45, 7) is 6.70. The highest BCUT2D eigenvalue weighted by Gasteiger charge is 2.44. The van der Waals surface area contributed by atoms with Gasteiger partial charge in [-0.05, 0) is 25.2 Å². The highest BCUT2D eigenvalue weighted by atomic mass is 32.1. The molecule has 21 heavy (non-hydrogen) atoms. The second kappa shape index (κ2) is 5.18. The van der Waals surface area contributed by atoms with Crippen molar-refractivity contribution in [1.29, 1.82) is 0 Å². The van der Waals surface area contributed by atoms with Gasteiger partial charge in [-0.25, -0.2) is 4.98 Å². The first-order valence-corrected chi connectivity index (χ1v) is 8.16. The van der Waals surface area contributed by atoms with Crippen molar-refractivity contribution in [3.63, 3.8) is 0 Å². The first kappa shape index (κ1) is 14.7. The second-order valence-corrected chi connectivity index (χ2v) is 7.56. The number of ether oxygens (including phenoxy) is 1. The number of carbonyl (C=O) groups excluding carboxylic acids is 2. The monoisotopic (exact) mass is 308 g/mol. The van der Waals surface area contributed by atoms with Gasteiger partial charge in [0.25, 0.3) is 0 Å². The van der Waals surface area contributed by atoms with Gasteiger partial charge in [-0.3, -0.25) is 9.59 Å². The molecule has 2 unspecified atom stereocenters. The molecule has 0 saturated heterocycles. The molecule has 0 spiro atoms. The Hall–Kier alpha value is -1.27. The molecule has 114 valence electrons. The molecule has 5 nitrogen and oxygen atoms in total. The predicted octanol–water partition coefficient (Wildman–Crippen LogP) is 2.66. The average molecular weight is 308 g/mol. The van der Waals surface area contributed by atoms with Gasteiger partial charge in [-0.15, -0.1) is 0 Å². The Labute approximate surface area is 128 Å². The van der Waals surface area contributed by atoms with Crippen LogP contribution in [0.2, 0.25) is 0 Å². The van der Waals surface area contributed by atoms with E-state index < -0.39 is 0 Å². The quantitative estimate of drug-likeness (QED) is 0.928. The standard InChI is InChI=1S/C15H20N2O3S/c1-4-20-11-5-8(11)13(19)17-14-16-9-6-15(2,3)7-10(18)12(9)21-14/h8,11H,4-7H2,1-3H3,(H,16,17,19). The van der Waals surface area contributed by atoms with E-state index in [4.69, 9.17) is 4.74 Å². The molecule has 6 heteroatoms. The van der Waals surface area contributed by atoms with E-state index >= 15 is 0 Å². The number of carbonyl (C=O) groups is 2. The van der Waals surface area contributed by atoms with Gasteiger partial charge >= 0.3 is 0 Å². The minimum Gasteiger partial charge on any atom is -0.378 e. The molecule has 1 fully saturated rings. The van der Waals surface area contributed by atoms with Crippen LogP contribution in [0.25, 0.3) is 0 Å². The van der Waals surface area contributed by atoms with Crippen LogP contribution in [0.15, 0.2) is 0 Å². The minimum atomic E-state index is -0.0713. The zero-order chi connectivity index (χ0) is 15.2. The largest absolute Gasteiger partial charge is 0.378 e. The average Bonchev–Trinajstić information content (AvgIpc) is 3.02. The van der Waals surface area contributed by atoms with E-state index in [1.165, 1.54) is 11.3 Å². The summed E-state index contributed by atoms with van der Waals surface area (Å²) >= 11 is 1.30. The maximum Gasteiger partial charge on any atom is 0.231 e. The normalized spacial score (nSPS) is 26.3. The summed E-state index contributed by atoms with van der Waals surface area (Å²) in [5.41, 5.74) is 0.782. The maximum atomic E-state index is 12.1. The van der Waals surface area contributed by atoms with Crippen LogP contribution < -0.4 is 5.32 Å². The van der Waals surface area contributed by atoms with Crippen molar-refractivity contribution in [2.45, 2.75) is 46.1 Å². The molecule has 1 aromatic rings. The van der Waals surface area contributed by atoms with Crippen LogP contribution in [0.3, 0.4) is 0 Å². The number of Topliss-reactive ketones (excluding diaryl/α,β-unsaturated/α-hetero) is 1. The van der Waals surface area contributed by atoms with E-state index in [0.29, 0.717) is 23.0 Å². The summed E-state index contributed by atoms with van der Waals surface area (Å²) in [5.74, 6) is 0.0159. The van der Waals surface area contributed by atoms with E-state index in [9.17, 15) is 9.59 Å². The van der Waals surface area contributed by atoms with Crippen molar-refractivity contribution < 1.29 is 14.3 Å². The van der Waals surface area contributed by atoms with Crippen molar-refractivity contribution in [3.8, 4) is 0 Å². The SMILES string of the molecule is CCOC1CC1C(=O)Nc1nc2c(s1)C(=O)CC(C)(C)C2. The molecule has 0 aliphatic heterocycles. The fraction of sp³-hybridized carbons (Fsp3) is 0.667. The summed E-state index contributed by atoms with van der Waals surface area (Å²) < 4.78 is 5.42. The molecule has 2 aliphatic rings. The topological polar surface area (TPSA) is 68.3 Å². The van der Waals surface area contributed by atoms with Gasteiger partial charge in [-0.2, -0.15) is 0 Å². The number of hydrogen-bond donors (Lipinski definition) is 1. The maximum absolute atomic E-state index is 12.1. The van der Waals surface area contributed by atoms with Gasteiger partial charge in [0.2, 0.25) is 5.91 Å². The van der Waals surface area contributed by atoms with Crippen LogP contribution >= 0.6 is 11.3 Å². The lowest BCUT2D eigenvalue weighted by Gasteiger charge is -2.26. The number of hydrogen-bond acceptors (Lipinski definition) is 5. The highest BCUT2D eigenvalue weighted by Crippen LogP contribution is 2.39. The van der Waals surface area contributed by atoms with Gasteiger partial charge in [0, 0.05) is 13.0 Å². The highest BCUT2D eigenvalue weighted by molar-refractivity contribution is 7.17. The third-order valence-corrected chi connectivity index (χ3v) is 4.97. The molecule has 1 amide bonds. The van der Waals surface area contributed by atoms with Gasteiger partial charge in [0.1, 0.15) is 0 Å². The molecule has 0 aromatic carbocycles. The molecular formula is C15H20N2O3S. The van der Waals surface area contributed by atoms with E-state index in [0.717, 1.165) is 18.5 Å².